The summed E-state index contributed by atoms with van der Waals surface area (Å²) in [4.78, 5) is 21.7. The third-order valence-electron chi connectivity index (χ3n) is 3.20. The van der Waals surface area contributed by atoms with E-state index in [2.05, 4.69) is 31.2 Å². The Labute approximate surface area is 140 Å². The van der Waals surface area contributed by atoms with Gasteiger partial charge < -0.3 is 5.11 Å². The summed E-state index contributed by atoms with van der Waals surface area (Å²) in [5.74, 6) is -0.885. The Morgan fingerprint density at radius 3 is 2.22 bits per heavy atom. The Kier molecular flexibility index (Phi) is 15.1. The number of aliphatic carboxylic acids is 1. The molecule has 0 aliphatic heterocycles. The van der Waals surface area contributed by atoms with Gasteiger partial charge in [-0.1, -0.05) is 62.3 Å². The second kappa shape index (κ2) is 16.5. The number of carboxylic acids is 1. The molecule has 0 saturated carbocycles. The summed E-state index contributed by atoms with van der Waals surface area (Å²) in [6.07, 6.45) is 23.3. The number of ketones is 1. The molecule has 0 bridgehead atoms. The molecule has 0 saturated heterocycles. The zero-order valence-electron chi connectivity index (χ0n) is 14.2. The van der Waals surface area contributed by atoms with Crippen molar-refractivity contribution in [3.8, 4) is 0 Å². The second-order valence-electron chi connectivity index (χ2n) is 5.41. The Bertz CT molecular complexity index is 428. The van der Waals surface area contributed by atoms with Crippen LogP contribution in [0.2, 0.25) is 0 Å². The molecule has 0 spiro atoms. The maximum Gasteiger partial charge on any atom is 0.303 e. The molecular formula is C20H30O3. The lowest BCUT2D eigenvalue weighted by Crippen LogP contribution is -1.97. The van der Waals surface area contributed by atoms with Crippen LogP contribution in [-0.2, 0) is 9.59 Å². The minimum absolute atomic E-state index is 0.0281. The molecule has 0 atom stereocenters. The Morgan fingerprint density at radius 2 is 1.52 bits per heavy atom. The molecule has 1 N–H and O–H groups in total. The van der Waals surface area contributed by atoms with Gasteiger partial charge >= 0.3 is 5.97 Å². The number of carboxylic acid groups (broad SMARTS) is 1. The highest BCUT2D eigenvalue weighted by Gasteiger charge is 1.99. The minimum Gasteiger partial charge on any atom is -0.481 e. The summed E-state index contributed by atoms with van der Waals surface area (Å²) in [5.41, 5.74) is 0. The molecule has 23 heavy (non-hydrogen) atoms. The molecule has 0 radical (unpaired) electrons. The number of rotatable bonds is 14. The van der Waals surface area contributed by atoms with Crippen molar-refractivity contribution in [3.05, 3.63) is 48.6 Å². The van der Waals surface area contributed by atoms with E-state index in [4.69, 9.17) is 5.11 Å². The van der Waals surface area contributed by atoms with Gasteiger partial charge in [-0.2, -0.15) is 0 Å². The fourth-order valence-electron chi connectivity index (χ4n) is 1.89. The number of unbranched alkanes of at least 4 members (excludes halogenated alkanes) is 3. The highest BCUT2D eigenvalue weighted by Crippen LogP contribution is 2.01. The first-order valence-electron chi connectivity index (χ1n) is 8.54. The van der Waals surface area contributed by atoms with E-state index in [0.29, 0.717) is 12.8 Å². The van der Waals surface area contributed by atoms with E-state index in [-0.39, 0.29) is 12.2 Å². The van der Waals surface area contributed by atoms with Gasteiger partial charge in [0.15, 0.2) is 5.78 Å². The quantitative estimate of drug-likeness (QED) is 0.202. The van der Waals surface area contributed by atoms with Gasteiger partial charge in [-0.05, 0) is 38.2 Å². The lowest BCUT2D eigenvalue weighted by Gasteiger charge is -1.92. The van der Waals surface area contributed by atoms with Gasteiger partial charge in [0.05, 0.1) is 0 Å². The summed E-state index contributed by atoms with van der Waals surface area (Å²) >= 11 is 0. The van der Waals surface area contributed by atoms with Crippen molar-refractivity contribution in [3.63, 3.8) is 0 Å². The predicted molar refractivity (Wildman–Crippen MR) is 96.4 cm³/mol. The summed E-state index contributed by atoms with van der Waals surface area (Å²) in [7, 11) is 0. The topological polar surface area (TPSA) is 54.4 Å². The number of allylic oxidation sites excluding steroid dienone is 8. The molecule has 128 valence electrons. The largest absolute Gasteiger partial charge is 0.481 e. The van der Waals surface area contributed by atoms with Crippen LogP contribution in [0.3, 0.4) is 0 Å². The maximum absolute atomic E-state index is 11.4. The van der Waals surface area contributed by atoms with Crippen LogP contribution in [0.1, 0.15) is 64.7 Å². The highest BCUT2D eigenvalue weighted by atomic mass is 16.4. The first-order valence-corrected chi connectivity index (χ1v) is 8.54. The van der Waals surface area contributed by atoms with Gasteiger partial charge in [0, 0.05) is 12.8 Å². The Hall–Kier alpha value is -1.90. The molecule has 0 aliphatic rings. The van der Waals surface area contributed by atoms with Crippen LogP contribution < -0.4 is 0 Å². The zero-order valence-corrected chi connectivity index (χ0v) is 14.2. The first-order chi connectivity index (χ1) is 11.2. The van der Waals surface area contributed by atoms with Crippen molar-refractivity contribution in [1.82, 2.24) is 0 Å². The van der Waals surface area contributed by atoms with Crippen LogP contribution >= 0.6 is 0 Å². The molecule has 0 unspecified atom stereocenters. The van der Waals surface area contributed by atoms with Crippen LogP contribution in [0.15, 0.2) is 48.6 Å². The average Bonchev–Trinajstić information content (AvgIpc) is 2.51. The third kappa shape index (κ3) is 18.1. The Morgan fingerprint density at radius 1 is 0.826 bits per heavy atom. The normalized spacial score (nSPS) is 12.2. The molecule has 3 nitrogen and oxygen atoms in total. The molecule has 0 amide bonds. The fourth-order valence-corrected chi connectivity index (χ4v) is 1.89. The molecule has 0 fully saturated rings. The molecule has 0 aromatic rings. The van der Waals surface area contributed by atoms with Gasteiger partial charge in [0.2, 0.25) is 0 Å². The van der Waals surface area contributed by atoms with Gasteiger partial charge in [0.25, 0.3) is 0 Å². The SMILES string of the molecule is CCCCC/C=C/C/C=C\C/C=C/C=C/C(=O)CCCC(=O)O. The van der Waals surface area contributed by atoms with E-state index >= 15 is 0 Å². The van der Waals surface area contributed by atoms with Crippen molar-refractivity contribution in [1.29, 1.82) is 0 Å². The zero-order chi connectivity index (χ0) is 17.2. The summed E-state index contributed by atoms with van der Waals surface area (Å²) in [6, 6.07) is 0. The molecular weight excluding hydrogens is 288 g/mol. The lowest BCUT2D eigenvalue weighted by atomic mass is 10.1. The van der Waals surface area contributed by atoms with E-state index < -0.39 is 5.97 Å². The molecule has 0 aromatic heterocycles. The smallest absolute Gasteiger partial charge is 0.303 e. The van der Waals surface area contributed by atoms with Crippen LogP contribution in [0.5, 0.6) is 0 Å². The van der Waals surface area contributed by atoms with Gasteiger partial charge in [0.1, 0.15) is 0 Å². The van der Waals surface area contributed by atoms with Crippen molar-refractivity contribution >= 4 is 11.8 Å². The summed E-state index contributed by atoms with van der Waals surface area (Å²) in [6.45, 7) is 2.21. The maximum atomic E-state index is 11.4. The average molecular weight is 318 g/mol. The fraction of sp³-hybridized carbons (Fsp3) is 0.500. The van der Waals surface area contributed by atoms with Crippen LogP contribution in [0, 0.1) is 0 Å². The standard InChI is InChI=1S/C20H30O3/c1-2-3-4-5-6-7-8-9-10-11-12-13-14-16-19(21)17-15-18-20(22)23/h6-7,9-10,12-14,16H,2-5,8,11,15,17-18H2,1H3,(H,22,23)/b7-6+,10-9-,13-12+,16-14+. The van der Waals surface area contributed by atoms with Crippen LogP contribution in [0.4, 0.5) is 0 Å². The van der Waals surface area contributed by atoms with Crippen LogP contribution in [0.25, 0.3) is 0 Å². The molecule has 0 heterocycles. The van der Waals surface area contributed by atoms with E-state index in [1.54, 1.807) is 6.08 Å². The van der Waals surface area contributed by atoms with E-state index in [0.717, 1.165) is 12.8 Å². The lowest BCUT2D eigenvalue weighted by molar-refractivity contribution is -0.137. The second-order valence-corrected chi connectivity index (χ2v) is 5.41. The molecule has 0 rings (SSSR count). The number of hydrogen-bond acceptors (Lipinski definition) is 2. The summed E-state index contributed by atoms with van der Waals surface area (Å²) < 4.78 is 0. The number of hydrogen-bond donors (Lipinski definition) is 1. The highest BCUT2D eigenvalue weighted by molar-refractivity contribution is 5.90. The molecule has 0 aromatic carbocycles. The van der Waals surface area contributed by atoms with Crippen molar-refractivity contribution in [2.24, 2.45) is 0 Å². The van der Waals surface area contributed by atoms with E-state index in [9.17, 15) is 9.59 Å². The first kappa shape index (κ1) is 21.1. The summed E-state index contributed by atoms with van der Waals surface area (Å²) in [5, 5.41) is 8.47. The van der Waals surface area contributed by atoms with Crippen molar-refractivity contribution in [2.45, 2.75) is 64.7 Å². The third-order valence-corrected chi connectivity index (χ3v) is 3.20. The number of carbonyl (C=O) groups excluding carboxylic acids is 1. The van der Waals surface area contributed by atoms with Crippen molar-refractivity contribution < 1.29 is 14.7 Å². The van der Waals surface area contributed by atoms with Gasteiger partial charge in [-0.15, -0.1) is 0 Å². The van der Waals surface area contributed by atoms with Crippen LogP contribution in [-0.4, -0.2) is 16.9 Å². The predicted octanol–water partition coefficient (Wildman–Crippen LogP) is 5.40. The van der Waals surface area contributed by atoms with E-state index in [1.165, 1.54) is 31.8 Å². The van der Waals surface area contributed by atoms with Gasteiger partial charge in [-0.25, -0.2) is 0 Å². The molecule has 3 heteroatoms. The minimum atomic E-state index is -0.857. The van der Waals surface area contributed by atoms with Gasteiger partial charge in [-0.3, -0.25) is 9.59 Å². The Balaban J connectivity index is 3.61. The monoisotopic (exact) mass is 318 g/mol. The molecule has 0 aliphatic carbocycles. The number of carbonyl (C=O) groups is 2. The van der Waals surface area contributed by atoms with Crippen molar-refractivity contribution in [2.75, 3.05) is 0 Å². The van der Waals surface area contributed by atoms with E-state index in [1.807, 2.05) is 12.2 Å².